The van der Waals surface area contributed by atoms with Gasteiger partial charge in [-0.3, -0.25) is 14.2 Å². The van der Waals surface area contributed by atoms with Crippen molar-refractivity contribution >= 4 is 58.2 Å². The Balaban J connectivity index is 1.62. The molecule has 0 spiro atoms. The van der Waals surface area contributed by atoms with Gasteiger partial charge in [-0.2, -0.15) is 0 Å². The van der Waals surface area contributed by atoms with E-state index >= 15 is 0 Å². The van der Waals surface area contributed by atoms with E-state index in [9.17, 15) is 14.4 Å². The lowest BCUT2D eigenvalue weighted by molar-refractivity contribution is -0.139. The number of nitrogens with one attached hydrogen (secondary N) is 1. The van der Waals surface area contributed by atoms with Crippen LogP contribution in [0.3, 0.4) is 0 Å². The largest absolute Gasteiger partial charge is 0.479 e. The van der Waals surface area contributed by atoms with Gasteiger partial charge in [0.05, 0.1) is 31.9 Å². The third-order valence-electron chi connectivity index (χ3n) is 6.35. The van der Waals surface area contributed by atoms with Gasteiger partial charge < -0.3 is 15.2 Å². The predicted octanol–water partition coefficient (Wildman–Crippen LogP) is 4.95. The van der Waals surface area contributed by atoms with Gasteiger partial charge in [0, 0.05) is 5.69 Å². The molecule has 0 unspecified atom stereocenters. The van der Waals surface area contributed by atoms with Crippen LogP contribution in [0.25, 0.3) is 6.08 Å². The molecule has 208 valence electrons. The number of aliphatic carboxylic acids is 1. The molecule has 4 aromatic rings. The van der Waals surface area contributed by atoms with Crippen molar-refractivity contribution in [2.75, 3.05) is 11.9 Å². The van der Waals surface area contributed by atoms with E-state index in [1.54, 1.807) is 25.1 Å². The van der Waals surface area contributed by atoms with Gasteiger partial charge in [-0.15, -0.1) is 0 Å². The van der Waals surface area contributed by atoms with Gasteiger partial charge in [0.15, 0.2) is 17.2 Å². The van der Waals surface area contributed by atoms with Gasteiger partial charge >= 0.3 is 5.97 Å². The van der Waals surface area contributed by atoms with Gasteiger partial charge in [0.2, 0.25) is 0 Å². The average molecular weight is 609 g/mol. The lowest BCUT2D eigenvalue weighted by atomic mass is 9.94. The van der Waals surface area contributed by atoms with Crippen LogP contribution in [-0.2, 0) is 9.59 Å². The molecule has 0 bridgehead atoms. The normalized spacial score (nSPS) is 14.8. The number of para-hydroxylation sites is 1. The third kappa shape index (κ3) is 5.97. The summed E-state index contributed by atoms with van der Waals surface area (Å²) >= 11 is 13.8. The number of fused-ring (bicyclic) bond motifs is 1. The molecule has 1 aliphatic heterocycles. The summed E-state index contributed by atoms with van der Waals surface area (Å²) in [7, 11) is 0. The lowest BCUT2D eigenvalue weighted by Gasteiger charge is -2.25. The number of carbonyl (C=O) groups excluding carboxylic acids is 1. The fraction of sp³-hybridized carbons (Fsp3) is 0.133. The van der Waals surface area contributed by atoms with Crippen molar-refractivity contribution in [2.45, 2.75) is 19.9 Å². The zero-order valence-corrected chi connectivity index (χ0v) is 24.2. The van der Waals surface area contributed by atoms with Gasteiger partial charge in [-0.1, -0.05) is 82.6 Å². The number of benzene rings is 3. The molecule has 0 aliphatic carbocycles. The fourth-order valence-electron chi connectivity index (χ4n) is 4.48. The minimum atomic E-state index is -1.17. The summed E-state index contributed by atoms with van der Waals surface area (Å²) in [6, 6.07) is 19.1. The summed E-state index contributed by atoms with van der Waals surface area (Å²) in [5.74, 6) is -1.48. The molecule has 2 N–H and O–H groups in total. The highest BCUT2D eigenvalue weighted by Crippen LogP contribution is 2.35. The molecule has 0 saturated carbocycles. The maximum absolute atomic E-state index is 13.9. The molecule has 2 heterocycles. The molecule has 1 amide bonds. The number of carbonyl (C=O) groups is 2. The second-order valence-corrected chi connectivity index (χ2v) is 11.1. The second kappa shape index (κ2) is 11.7. The number of thiazole rings is 1. The predicted molar refractivity (Wildman–Crippen MR) is 160 cm³/mol. The summed E-state index contributed by atoms with van der Waals surface area (Å²) in [5, 5.41) is 12.0. The van der Waals surface area contributed by atoms with Gasteiger partial charge in [-0.05, 0) is 55.3 Å². The fourth-order valence-corrected chi connectivity index (χ4v) is 6.14. The number of hydrogen-bond acceptors (Lipinski definition) is 6. The Hall–Kier alpha value is -4.18. The minimum Gasteiger partial charge on any atom is -0.479 e. The first-order valence-corrected chi connectivity index (χ1v) is 14.0. The number of hydrogen-bond donors (Lipinski definition) is 2. The van der Waals surface area contributed by atoms with Crippen molar-refractivity contribution in [1.82, 2.24) is 4.57 Å². The van der Waals surface area contributed by atoms with E-state index in [4.69, 9.17) is 33.0 Å². The maximum atomic E-state index is 13.9. The molecule has 1 atom stereocenters. The molecular weight excluding hydrogens is 585 g/mol. The molecular formula is C30H23Cl2N3O5S. The first-order valence-electron chi connectivity index (χ1n) is 12.4. The Labute approximate surface area is 248 Å². The monoisotopic (exact) mass is 607 g/mol. The van der Waals surface area contributed by atoms with Crippen molar-refractivity contribution in [1.29, 1.82) is 0 Å². The van der Waals surface area contributed by atoms with Crippen LogP contribution in [-0.4, -0.2) is 28.2 Å². The maximum Gasteiger partial charge on any atom is 0.341 e. The molecule has 5 rings (SSSR count). The van der Waals surface area contributed by atoms with E-state index < -0.39 is 18.6 Å². The number of anilines is 1. The van der Waals surface area contributed by atoms with Crippen LogP contribution < -0.4 is 24.9 Å². The Morgan fingerprint density at radius 2 is 1.73 bits per heavy atom. The standard InChI is InChI=1S/C30H23Cl2N3O5S/c1-16-8-10-19(11-9-16)26-25(28(38)34-20-6-4-3-5-7-20)17(2)33-30-35(26)29(39)23(41-30)14-18-12-21(31)27(22(32)13-18)40-15-24(36)37/h3-14,26H,15H2,1-2H3,(H,34,38)(H,36,37)/b23-14-/t26-/m1/s1. The summed E-state index contributed by atoms with van der Waals surface area (Å²) < 4.78 is 7.07. The zero-order valence-electron chi connectivity index (χ0n) is 21.9. The smallest absolute Gasteiger partial charge is 0.341 e. The number of aryl methyl sites for hydroxylation is 1. The number of rotatable bonds is 7. The van der Waals surface area contributed by atoms with Crippen molar-refractivity contribution in [2.24, 2.45) is 4.99 Å². The number of nitrogens with zero attached hydrogens (tertiary/aromatic N) is 2. The number of aromatic nitrogens is 1. The molecule has 3 aromatic carbocycles. The minimum absolute atomic E-state index is 0.0402. The highest BCUT2D eigenvalue weighted by molar-refractivity contribution is 7.07. The molecule has 0 radical (unpaired) electrons. The van der Waals surface area contributed by atoms with E-state index in [0.29, 0.717) is 31.9 Å². The Morgan fingerprint density at radius 3 is 2.37 bits per heavy atom. The van der Waals surface area contributed by atoms with Crippen molar-refractivity contribution in [3.8, 4) is 5.75 Å². The number of amides is 1. The van der Waals surface area contributed by atoms with Crippen LogP contribution in [0.1, 0.15) is 29.7 Å². The van der Waals surface area contributed by atoms with Crippen LogP contribution in [0.15, 0.2) is 87.8 Å². The van der Waals surface area contributed by atoms with E-state index in [1.807, 2.05) is 49.4 Å². The van der Waals surface area contributed by atoms with Gasteiger partial charge in [0.1, 0.15) is 0 Å². The van der Waals surface area contributed by atoms with E-state index in [-0.39, 0.29) is 27.3 Å². The molecule has 8 nitrogen and oxygen atoms in total. The summed E-state index contributed by atoms with van der Waals surface area (Å²) in [4.78, 5) is 43.5. The van der Waals surface area contributed by atoms with Gasteiger partial charge in [0.25, 0.3) is 11.5 Å². The highest BCUT2D eigenvalue weighted by Gasteiger charge is 2.32. The van der Waals surface area contributed by atoms with Crippen molar-refractivity contribution < 1.29 is 19.4 Å². The van der Waals surface area contributed by atoms with Crippen LogP contribution >= 0.6 is 34.5 Å². The number of halogens is 2. The molecule has 0 fully saturated rings. The SMILES string of the molecule is CC1=C(C(=O)Nc2ccccc2)[C@@H](c2ccc(C)cc2)n2c(s/c(=C\c3cc(Cl)c(OCC(=O)O)c(Cl)c3)c2=O)=N1. The molecule has 0 saturated heterocycles. The van der Waals surface area contributed by atoms with Crippen molar-refractivity contribution in [3.05, 3.63) is 124 Å². The number of carboxylic acid groups (broad SMARTS) is 1. The first-order chi connectivity index (χ1) is 19.6. The first kappa shape index (κ1) is 28.4. The lowest BCUT2D eigenvalue weighted by Crippen LogP contribution is -2.40. The Morgan fingerprint density at radius 1 is 1.07 bits per heavy atom. The van der Waals surface area contributed by atoms with Crippen LogP contribution in [0.2, 0.25) is 10.0 Å². The summed E-state index contributed by atoms with van der Waals surface area (Å²) in [5.41, 5.74) is 3.48. The summed E-state index contributed by atoms with van der Waals surface area (Å²) in [6.45, 7) is 3.12. The highest BCUT2D eigenvalue weighted by atomic mass is 35.5. The second-order valence-electron chi connectivity index (χ2n) is 9.31. The Kier molecular flexibility index (Phi) is 8.12. The quantitative estimate of drug-likeness (QED) is 0.309. The van der Waals surface area contributed by atoms with E-state index in [0.717, 1.165) is 11.1 Å². The van der Waals surface area contributed by atoms with Crippen LogP contribution in [0.5, 0.6) is 5.75 Å². The van der Waals surface area contributed by atoms with E-state index in [2.05, 4.69) is 10.3 Å². The number of allylic oxidation sites excluding steroid dienone is 1. The number of ether oxygens (including phenoxy) is 1. The molecule has 41 heavy (non-hydrogen) atoms. The summed E-state index contributed by atoms with van der Waals surface area (Å²) in [6.07, 6.45) is 1.62. The van der Waals surface area contributed by atoms with Crippen LogP contribution in [0.4, 0.5) is 5.69 Å². The third-order valence-corrected chi connectivity index (χ3v) is 7.89. The van der Waals surface area contributed by atoms with Gasteiger partial charge in [-0.25, -0.2) is 9.79 Å². The van der Waals surface area contributed by atoms with E-state index in [1.165, 1.54) is 28.0 Å². The topological polar surface area (TPSA) is 110 Å². The zero-order chi connectivity index (χ0) is 29.3. The molecule has 11 heteroatoms. The molecule has 1 aromatic heterocycles. The molecule has 1 aliphatic rings. The average Bonchev–Trinajstić information content (AvgIpc) is 3.22. The van der Waals surface area contributed by atoms with Crippen molar-refractivity contribution in [3.63, 3.8) is 0 Å². The number of carboxylic acids is 1. The Bertz CT molecular complexity index is 1860. The van der Waals surface area contributed by atoms with Crippen LogP contribution in [0, 0.1) is 6.92 Å².